The summed E-state index contributed by atoms with van der Waals surface area (Å²) in [7, 11) is -3.01. The molecule has 7 aromatic carbocycles. The van der Waals surface area contributed by atoms with Gasteiger partial charge >= 0.3 is 5.97 Å². The van der Waals surface area contributed by atoms with Crippen LogP contribution in [0.2, 0.25) is 0 Å². The summed E-state index contributed by atoms with van der Waals surface area (Å²) in [6.07, 6.45) is 3.18. The van der Waals surface area contributed by atoms with E-state index >= 15 is 0 Å². The number of anilines is 2. The topological polar surface area (TPSA) is 410 Å². The van der Waals surface area contributed by atoms with Crippen LogP contribution in [0.15, 0.2) is 167 Å². The van der Waals surface area contributed by atoms with Gasteiger partial charge in [-0.15, -0.1) is 13.2 Å². The monoisotopic (exact) mass is 2160 g/mol. The minimum absolute atomic E-state index is 0.00455. The number of halogens is 7. The van der Waals surface area contributed by atoms with E-state index in [9.17, 15) is 83.2 Å². The number of benzene rings is 7. The van der Waals surface area contributed by atoms with Crippen molar-refractivity contribution in [2.24, 2.45) is 32.2 Å². The number of hydrogen-bond acceptors (Lipinski definition) is 23. The molecule has 0 aromatic heterocycles. The number of esters is 1. The van der Waals surface area contributed by atoms with Gasteiger partial charge in [0.15, 0.2) is 10.3 Å². The third-order valence-corrected chi connectivity index (χ3v) is 27.0. The van der Waals surface area contributed by atoms with Gasteiger partial charge in [-0.3, -0.25) is 33.8 Å². The Morgan fingerprint density at radius 1 is 0.456 bits per heavy atom. The summed E-state index contributed by atoms with van der Waals surface area (Å²) >= 11 is 15.7. The summed E-state index contributed by atoms with van der Waals surface area (Å²) in [5, 5.41) is 38.4. The van der Waals surface area contributed by atoms with Gasteiger partial charge < -0.3 is 54.0 Å². The number of amidine groups is 1. The summed E-state index contributed by atoms with van der Waals surface area (Å²) in [4.78, 5) is 81.1. The Morgan fingerprint density at radius 2 is 0.769 bits per heavy atom. The average molecular weight is 2160 g/mol. The molecule has 810 valence electrons. The van der Waals surface area contributed by atoms with E-state index in [0.29, 0.717) is 85.9 Å². The summed E-state index contributed by atoms with van der Waals surface area (Å²) in [5.74, 6) is -3.42. The Bertz CT molecular complexity index is 6020. The molecule has 1 aliphatic heterocycles. The quantitative estimate of drug-likeness (QED) is 0.00430. The van der Waals surface area contributed by atoms with E-state index in [-0.39, 0.29) is 126 Å². The van der Waals surface area contributed by atoms with Crippen LogP contribution in [0.4, 0.5) is 42.1 Å². The van der Waals surface area contributed by atoms with Gasteiger partial charge in [0.25, 0.3) is 0 Å². The van der Waals surface area contributed by atoms with Crippen molar-refractivity contribution in [3.63, 3.8) is 0 Å². The summed E-state index contributed by atoms with van der Waals surface area (Å²) in [6.45, 7) is 57.7. The minimum Gasteiger partial charge on any atom is -0.466 e. The van der Waals surface area contributed by atoms with Crippen molar-refractivity contribution in [2.45, 2.75) is 348 Å². The Kier molecular flexibility index (Phi) is 50.5. The molecular formula is C111H154F7N11O12S6. The minimum atomic E-state index is -1.54. The first kappa shape index (κ1) is 133. The van der Waals surface area contributed by atoms with E-state index in [4.69, 9.17) is 45.6 Å². The predicted octanol–water partition coefficient (Wildman–Crippen LogP) is 21.8. The molecule has 1 heterocycles. The number of carbonyl (C=O) groups is 6. The molecule has 16 N–H and O–H groups in total. The average Bonchev–Trinajstić information content (AvgIpc) is 0.759. The third-order valence-electron chi connectivity index (χ3n) is 22.2. The number of ether oxygens (including phenoxy) is 1. The van der Waals surface area contributed by atoms with Crippen molar-refractivity contribution < 1.29 is 88.0 Å². The lowest BCUT2D eigenvalue weighted by molar-refractivity contribution is -0.144. The first-order valence-electron chi connectivity index (χ1n) is 47.5. The van der Waals surface area contributed by atoms with E-state index in [1.165, 1.54) is 101 Å². The largest absolute Gasteiger partial charge is 0.466 e. The van der Waals surface area contributed by atoms with Crippen molar-refractivity contribution >= 4 is 137 Å². The maximum Gasteiger partial charge on any atom is 0.308 e. The number of hydrogen-bond donors (Lipinski definition) is 11. The molecule has 0 spiro atoms. The van der Waals surface area contributed by atoms with Crippen LogP contribution in [0.3, 0.4) is 0 Å². The number of thiocarbonyl (C=S) groups is 3. The Morgan fingerprint density at radius 3 is 1.11 bits per heavy atom. The highest BCUT2D eigenvalue weighted by atomic mass is 32.2. The highest BCUT2D eigenvalue weighted by Crippen LogP contribution is 2.47. The van der Waals surface area contributed by atoms with Crippen molar-refractivity contribution in [2.75, 3.05) is 18.1 Å². The van der Waals surface area contributed by atoms with Gasteiger partial charge in [0.1, 0.15) is 69.6 Å². The molecule has 0 amide bonds. The number of aliphatic hydroxyl groups is 3. The maximum atomic E-state index is 14.6. The van der Waals surface area contributed by atoms with Crippen LogP contribution in [-0.4, -0.2) is 117 Å². The second-order valence-corrected chi connectivity index (χ2v) is 50.2. The third kappa shape index (κ3) is 46.2. The van der Waals surface area contributed by atoms with Crippen LogP contribution < -0.4 is 43.4 Å². The number of nitrogens with one attached hydrogen (secondary N) is 3. The zero-order valence-electron chi connectivity index (χ0n) is 90.6. The lowest BCUT2D eigenvalue weighted by Crippen LogP contribution is -2.50. The molecule has 0 saturated heterocycles. The van der Waals surface area contributed by atoms with Crippen molar-refractivity contribution in [1.82, 2.24) is 14.8 Å². The summed E-state index contributed by atoms with van der Waals surface area (Å²) in [5.41, 5.74) is 28.0. The summed E-state index contributed by atoms with van der Waals surface area (Å²) < 4.78 is 134. The predicted molar refractivity (Wildman–Crippen MR) is 594 cm³/mol. The molecule has 7 aromatic rings. The smallest absolute Gasteiger partial charge is 0.308 e. The van der Waals surface area contributed by atoms with Crippen molar-refractivity contribution in [1.29, 1.82) is 0 Å². The van der Waals surface area contributed by atoms with Gasteiger partial charge in [-0.2, -0.15) is 0 Å². The Balaban J connectivity index is 0.000000582. The number of nitrogen functional groups attached to an aromatic ring is 2. The summed E-state index contributed by atoms with van der Waals surface area (Å²) in [6, 6.07) is 31.6. The maximum absolute atomic E-state index is 14.6. The Hall–Kier alpha value is -9.88. The van der Waals surface area contributed by atoms with Gasteiger partial charge in [0.2, 0.25) is 0 Å². The van der Waals surface area contributed by atoms with Gasteiger partial charge in [0, 0.05) is 99.1 Å². The number of Topliss-reactive ketones (excluding diaryl/α,β-unsaturated/α-hetero) is 5. The van der Waals surface area contributed by atoms with Gasteiger partial charge in [-0.05, 0) is 362 Å². The molecule has 23 nitrogen and oxygen atoms in total. The lowest BCUT2D eigenvalue weighted by Gasteiger charge is -2.39. The van der Waals surface area contributed by atoms with E-state index in [1.54, 1.807) is 177 Å². The number of aliphatic imine (C=N–C) groups is 3. The Labute approximate surface area is 890 Å². The van der Waals surface area contributed by atoms with E-state index in [1.807, 2.05) is 48.5 Å². The molecule has 0 bridgehead atoms. The lowest BCUT2D eigenvalue weighted by atomic mass is 9.81. The highest BCUT2D eigenvalue weighted by Gasteiger charge is 2.44. The van der Waals surface area contributed by atoms with Crippen molar-refractivity contribution in [3.8, 4) is 0 Å². The molecule has 36 heteroatoms. The molecule has 9 atom stereocenters. The van der Waals surface area contributed by atoms with E-state index in [2.05, 4.69) is 91.5 Å². The van der Waals surface area contributed by atoms with Crippen LogP contribution in [0.5, 0.6) is 0 Å². The highest BCUT2D eigenvalue weighted by molar-refractivity contribution is 8.15. The molecule has 0 fully saturated rings. The van der Waals surface area contributed by atoms with Crippen molar-refractivity contribution in [3.05, 3.63) is 259 Å². The fourth-order valence-corrected chi connectivity index (χ4v) is 20.6. The van der Waals surface area contributed by atoms with Crippen LogP contribution in [0, 0.1) is 40.7 Å². The number of ketones is 5. The van der Waals surface area contributed by atoms with Gasteiger partial charge in [0.05, 0.1) is 105 Å². The van der Waals surface area contributed by atoms with Gasteiger partial charge in [-0.1, -0.05) is 85.3 Å². The number of nitrogens with two attached hydrogens (primary N) is 5. The molecule has 1 aliphatic rings. The SMILES string of the molecule is C=C(C)C[C@](C)(N=C=S)c1cc(CC(C)=O)ccc1F.C=C(C)C[C@](C)(NC(N)=S)c1cc(N)ccc1F.CC(=O)Cc1ccc(F)c([C@@](C)(N)CC(C)(C)O)c1.CC(=O)Cc1ccc(F)c([C@](C)(CC(C)(C)O)N=C=S)c1.CC(=O)Cc1ccc(F)c([C@](C)(CC(C)(C)O)N[S@](=O)C(C)(C)C)c1.CC1(C)C[C@@](C)(c2cc(N)ccc2F)N=C(N)S1.CCOC(=O)C[C@](C)(N[S@](=O)C(C)(C)C)c1cc(CC(C)=O)ccc1F. The number of nitrogens with zero attached hydrogens (tertiary/aromatic N) is 3. The number of thioether (sulfide) groups is 1. The normalized spacial score (nSPS) is 16.2. The fourth-order valence-electron chi connectivity index (χ4n) is 17.0. The van der Waals surface area contributed by atoms with Crippen LogP contribution in [-0.2, 0) is 126 Å². The molecule has 8 rings (SSSR count). The molecular weight excluding hydrogens is 2000 g/mol. The number of rotatable bonds is 37. The number of isothiocyanates is 2. The molecule has 0 radical (unpaired) electrons. The van der Waals surface area contributed by atoms with E-state index < -0.39 is 116 Å². The second kappa shape index (κ2) is 55.8. The zero-order valence-corrected chi connectivity index (χ0v) is 95.5. The zero-order chi connectivity index (χ0) is 114. The van der Waals surface area contributed by atoms with Crippen LogP contribution >= 0.6 is 48.4 Å². The van der Waals surface area contributed by atoms with Gasteiger partial charge in [-0.25, -0.2) is 58.6 Å². The molecule has 0 unspecified atom stereocenters. The standard InChI is InChI=1S/C19H28FNO4S.C19H30FNO3S.C16H20FNO2S.C16H18FNOS.C15H22FNO2.2C13H18FN3S/c1-7-25-17(23)12-19(6,21-26(24)18(3,4)5)15-11-14(10-13(2)22)8-9-16(15)20;1-13(22)10-14-8-9-16(20)15(11-14)19(7,12-18(5,6)23)21-25(24)17(2,3)4;1-11(19)7-12-5-6-14(17)13(8-12)16(4,18-10-21)9-15(2,3)20;1-11(2)9-16(4,18-10-20)14-8-13(7-12(3)19)5-6-15(14)17;1-10(18)7-11-5-6-13(16)12(8-11)15(4,17)9-14(2,3)19;1-12(2)7-13(3,17-11(16)18-12)9-6-8(15)4-5-10(9)14;1-8(2)7-13(3,17-12(16)18)10-6-9(15)4-5-11(10)14/h8-9,11,21H,7,10,12H2,1-6H3;8-9,11,21,23H,10,12H2,1-7H3;5-6,8,20H,7,9H2,1-4H3;5-6,8H,1,7,9H2,2-4H3;5-6,8,19H,7,9,17H2,1-4H3;4-6H,7,15H2,1-3H3,(H2,16,17);4-6H,1,7,15H2,2-3H3,(H3,16,17,18)/t19-,26+;19-,25+;2*16-;15-;2*13-/m0000000/s1. The number of carbonyl (C=O) groups excluding carboxylic acids is 6. The fraction of sp³-hybridized carbons (Fsp3) is 0.495. The first-order chi connectivity index (χ1) is 66.8. The molecule has 0 aliphatic carbocycles. The first-order valence-corrected chi connectivity index (χ1v) is 51.8. The van der Waals surface area contributed by atoms with Crippen LogP contribution in [0.1, 0.15) is 312 Å². The second-order valence-electron chi connectivity index (χ2n) is 43.7. The van der Waals surface area contributed by atoms with E-state index in [0.717, 1.165) is 22.3 Å². The molecule has 0 saturated carbocycles. The molecule has 147 heavy (non-hydrogen) atoms. The van der Waals surface area contributed by atoms with Crippen LogP contribution in [0.25, 0.3) is 0 Å².